The number of hydrogen-bond donors (Lipinski definition) is 1. The zero-order chi connectivity index (χ0) is 26.7. The molecule has 1 amide bonds. The van der Waals surface area contributed by atoms with E-state index in [4.69, 9.17) is 4.74 Å². The molecule has 1 aliphatic rings. The van der Waals surface area contributed by atoms with Crippen LogP contribution >= 0.6 is 11.3 Å². The number of rotatable bonds is 9. The lowest BCUT2D eigenvalue weighted by Crippen LogP contribution is -2.60. The van der Waals surface area contributed by atoms with Crippen molar-refractivity contribution in [2.24, 2.45) is 4.99 Å². The Morgan fingerprint density at radius 2 is 2.06 bits per heavy atom. The molecular weight excluding hydrogens is 496 g/mol. The van der Waals surface area contributed by atoms with Gasteiger partial charge in [0.2, 0.25) is 0 Å². The van der Waals surface area contributed by atoms with Crippen molar-refractivity contribution in [1.82, 2.24) is 15.2 Å². The Kier molecular flexibility index (Phi) is 8.35. The lowest BCUT2D eigenvalue weighted by molar-refractivity contribution is -0.0922. The highest BCUT2D eigenvalue weighted by Crippen LogP contribution is 2.31. The van der Waals surface area contributed by atoms with Crippen LogP contribution in [0.2, 0.25) is 0 Å². The number of thiazole rings is 1. The maximum absolute atomic E-state index is 14.7. The maximum Gasteiger partial charge on any atom is 0.433 e. The minimum absolute atomic E-state index is 0.151. The van der Waals surface area contributed by atoms with E-state index >= 15 is 0 Å². The van der Waals surface area contributed by atoms with Crippen LogP contribution in [0.15, 0.2) is 52.8 Å². The van der Waals surface area contributed by atoms with Gasteiger partial charge >= 0.3 is 6.18 Å². The van der Waals surface area contributed by atoms with E-state index in [0.717, 1.165) is 11.0 Å². The van der Waals surface area contributed by atoms with Gasteiger partial charge in [0.05, 0.1) is 0 Å². The summed E-state index contributed by atoms with van der Waals surface area (Å²) in [5, 5.41) is 3.45. The molecule has 0 radical (unpaired) electrons. The first-order valence-corrected chi connectivity index (χ1v) is 11.9. The lowest BCUT2D eigenvalue weighted by atomic mass is 9.98. The first kappa shape index (κ1) is 27.5. The number of allylic oxidation sites excluding steroid dienone is 3. The molecule has 0 bridgehead atoms. The molecule has 2 heterocycles. The molecule has 1 saturated heterocycles. The molecule has 3 rings (SSSR count). The van der Waals surface area contributed by atoms with Crippen molar-refractivity contribution in [3.05, 3.63) is 58.3 Å². The van der Waals surface area contributed by atoms with Gasteiger partial charge in [0, 0.05) is 41.3 Å². The first-order valence-electron chi connectivity index (χ1n) is 11.1. The lowest BCUT2D eigenvalue weighted by Gasteiger charge is -2.41. The van der Waals surface area contributed by atoms with Crippen LogP contribution < -0.4 is 10.1 Å². The van der Waals surface area contributed by atoms with Crippen molar-refractivity contribution in [3.8, 4) is 16.3 Å². The van der Waals surface area contributed by atoms with Gasteiger partial charge in [-0.1, -0.05) is 11.6 Å². The standard InChI is InChI=1S/C25H28F4N4O2S/c1-15(6-7-21(30-4)25(27,28)29)17(3)32-22(34)18-8-19(23-31-11-16(2)36-23)10-20(9-18)35-14-24(26)12-33(5)13-24/h6-11,17H,4,12-14H2,1-3,5H3,(H,32,34)/b15-6+,21-7-/t17-/m1/s1. The van der Waals surface area contributed by atoms with E-state index in [1.807, 2.05) is 18.9 Å². The summed E-state index contributed by atoms with van der Waals surface area (Å²) >= 11 is 1.44. The Morgan fingerprint density at radius 3 is 2.61 bits per heavy atom. The highest BCUT2D eigenvalue weighted by molar-refractivity contribution is 7.14. The van der Waals surface area contributed by atoms with E-state index in [-0.39, 0.29) is 25.3 Å². The molecule has 36 heavy (non-hydrogen) atoms. The van der Waals surface area contributed by atoms with Gasteiger partial charge in [0.25, 0.3) is 5.91 Å². The van der Waals surface area contributed by atoms with Gasteiger partial charge in [0.15, 0.2) is 5.67 Å². The van der Waals surface area contributed by atoms with Crippen LogP contribution in [-0.4, -0.2) is 67.1 Å². The molecule has 0 saturated carbocycles. The molecule has 1 aromatic heterocycles. The number of nitrogens with zero attached hydrogens (tertiary/aromatic N) is 3. The van der Waals surface area contributed by atoms with Crippen LogP contribution in [0.5, 0.6) is 5.75 Å². The molecule has 2 aromatic rings. The van der Waals surface area contributed by atoms with Crippen molar-refractivity contribution in [2.45, 2.75) is 38.7 Å². The summed E-state index contributed by atoms with van der Waals surface area (Å²) in [5.74, 6) is -0.137. The SMILES string of the molecule is C=N/C(=C\C=C(/C)[C@@H](C)NC(=O)c1cc(OCC2(F)CN(C)C2)cc(-c2ncc(C)s2)c1)C(F)(F)F. The van der Waals surface area contributed by atoms with Crippen molar-refractivity contribution in [3.63, 3.8) is 0 Å². The van der Waals surface area contributed by atoms with E-state index in [9.17, 15) is 22.4 Å². The largest absolute Gasteiger partial charge is 0.490 e. The number of carbonyl (C=O) groups is 1. The zero-order valence-electron chi connectivity index (χ0n) is 20.4. The Morgan fingerprint density at radius 1 is 1.36 bits per heavy atom. The Balaban J connectivity index is 1.81. The van der Waals surface area contributed by atoms with Crippen molar-refractivity contribution in [2.75, 3.05) is 26.7 Å². The molecule has 1 aliphatic heterocycles. The Labute approximate surface area is 211 Å². The molecule has 1 N–H and O–H groups in total. The molecule has 1 aromatic carbocycles. The predicted molar refractivity (Wildman–Crippen MR) is 133 cm³/mol. The smallest absolute Gasteiger partial charge is 0.433 e. The minimum atomic E-state index is -4.62. The third-order valence-electron chi connectivity index (χ3n) is 5.64. The number of halogens is 4. The summed E-state index contributed by atoms with van der Waals surface area (Å²) in [5.41, 5.74) is -1.20. The van der Waals surface area contributed by atoms with Crippen LogP contribution in [0.1, 0.15) is 29.1 Å². The number of aliphatic imine (C=N–C) groups is 1. The van der Waals surface area contributed by atoms with Gasteiger partial charge in [-0.25, -0.2) is 9.37 Å². The van der Waals surface area contributed by atoms with E-state index in [2.05, 4.69) is 22.0 Å². The fourth-order valence-corrected chi connectivity index (χ4v) is 4.39. The molecule has 0 aliphatic carbocycles. The van der Waals surface area contributed by atoms with Crippen LogP contribution in [-0.2, 0) is 0 Å². The van der Waals surface area contributed by atoms with Gasteiger partial charge in [-0.2, -0.15) is 13.2 Å². The molecule has 1 atom stereocenters. The molecule has 11 heteroatoms. The molecular formula is C25H28F4N4O2S. The van der Waals surface area contributed by atoms with Crippen molar-refractivity contribution in [1.29, 1.82) is 0 Å². The van der Waals surface area contributed by atoms with Crippen LogP contribution in [0.3, 0.4) is 0 Å². The number of alkyl halides is 4. The van der Waals surface area contributed by atoms with Crippen molar-refractivity contribution >= 4 is 24.0 Å². The maximum atomic E-state index is 14.7. The number of likely N-dealkylation sites (tertiary alicyclic amines) is 1. The number of aryl methyl sites for hydroxylation is 1. The Hall–Kier alpha value is -3.05. The topological polar surface area (TPSA) is 66.8 Å². The summed E-state index contributed by atoms with van der Waals surface area (Å²) in [6, 6.07) is 4.29. The fourth-order valence-electron chi connectivity index (χ4n) is 3.64. The van der Waals surface area contributed by atoms with Gasteiger partial charge in [-0.3, -0.25) is 14.7 Å². The van der Waals surface area contributed by atoms with Gasteiger partial charge < -0.3 is 10.1 Å². The first-order chi connectivity index (χ1) is 16.8. The number of nitrogens with one attached hydrogen (secondary N) is 1. The second-order valence-electron chi connectivity index (χ2n) is 8.95. The second kappa shape index (κ2) is 10.9. The number of aromatic nitrogens is 1. The quantitative estimate of drug-likeness (QED) is 0.272. The summed E-state index contributed by atoms with van der Waals surface area (Å²) in [6.07, 6.45) is -0.858. The van der Waals surface area contributed by atoms with Gasteiger partial charge in [0.1, 0.15) is 23.1 Å². The monoisotopic (exact) mass is 524 g/mol. The van der Waals surface area contributed by atoms with Gasteiger partial charge in [-0.15, -0.1) is 11.3 Å². The predicted octanol–water partition coefficient (Wildman–Crippen LogP) is 5.36. The van der Waals surface area contributed by atoms with Gasteiger partial charge in [-0.05, 0) is 58.8 Å². The van der Waals surface area contributed by atoms with Crippen LogP contribution in [0.4, 0.5) is 17.6 Å². The Bertz CT molecular complexity index is 1180. The minimum Gasteiger partial charge on any atom is -0.490 e. The van der Waals surface area contributed by atoms with E-state index in [1.54, 1.807) is 32.2 Å². The van der Waals surface area contributed by atoms with Crippen molar-refractivity contribution < 1.29 is 27.1 Å². The summed E-state index contributed by atoms with van der Waals surface area (Å²) in [4.78, 5) is 23.2. The molecule has 6 nitrogen and oxygen atoms in total. The number of hydrogen-bond acceptors (Lipinski definition) is 6. The number of carbonyl (C=O) groups excluding carboxylic acids is 1. The van der Waals surface area contributed by atoms with Crippen LogP contribution in [0.25, 0.3) is 10.6 Å². The fraction of sp³-hybridized carbons (Fsp3) is 0.400. The number of ether oxygens (including phenoxy) is 1. The average molecular weight is 525 g/mol. The molecule has 1 fully saturated rings. The summed E-state index contributed by atoms with van der Waals surface area (Å²) in [6.45, 7) is 8.48. The van der Waals surface area contributed by atoms with Crippen LogP contribution in [0, 0.1) is 6.92 Å². The highest BCUT2D eigenvalue weighted by Gasteiger charge is 2.42. The third kappa shape index (κ3) is 7.01. The average Bonchev–Trinajstić information content (AvgIpc) is 3.22. The number of benzene rings is 1. The second-order valence-corrected chi connectivity index (χ2v) is 10.2. The van der Waals surface area contributed by atoms with E-state index in [1.165, 1.54) is 23.5 Å². The molecule has 0 spiro atoms. The van der Waals surface area contributed by atoms with E-state index in [0.29, 0.717) is 21.9 Å². The molecule has 0 unspecified atom stereocenters. The highest BCUT2D eigenvalue weighted by atomic mass is 32.1. The molecule has 194 valence electrons. The normalized spacial score (nSPS) is 17.3. The summed E-state index contributed by atoms with van der Waals surface area (Å²) in [7, 11) is 1.82. The third-order valence-corrected chi connectivity index (χ3v) is 6.60. The van der Waals surface area contributed by atoms with E-state index < -0.39 is 29.5 Å². The number of amides is 1. The summed E-state index contributed by atoms with van der Waals surface area (Å²) < 4.78 is 59.0. The zero-order valence-corrected chi connectivity index (χ0v) is 21.3.